The summed E-state index contributed by atoms with van der Waals surface area (Å²) in [5, 5.41) is 7.35. The van der Waals surface area contributed by atoms with Crippen molar-refractivity contribution in [1.82, 2.24) is 15.3 Å². The number of hydrogen-bond donors (Lipinski definition) is 1. The molecule has 0 amide bonds. The first-order valence-electron chi connectivity index (χ1n) is 3.76. The predicted molar refractivity (Wildman–Crippen MR) is 49.7 cm³/mol. The molecule has 0 fully saturated rings. The maximum atomic E-state index is 5.32. The molecule has 0 aliphatic rings. The van der Waals surface area contributed by atoms with E-state index in [1.807, 2.05) is 0 Å². The predicted octanol–water partition coefficient (Wildman–Crippen LogP) is 0.914. The fraction of sp³-hybridized carbons (Fsp3) is 0.286. The van der Waals surface area contributed by atoms with Gasteiger partial charge < -0.3 is 14.8 Å². The molecule has 6 nitrogen and oxygen atoms in total. The van der Waals surface area contributed by atoms with Crippen LogP contribution in [0, 0.1) is 6.92 Å². The van der Waals surface area contributed by atoms with Gasteiger partial charge in [0.1, 0.15) is 5.76 Å². The van der Waals surface area contributed by atoms with Gasteiger partial charge in [-0.3, -0.25) is 0 Å². The molecule has 0 spiro atoms. The first-order chi connectivity index (χ1) is 6.29. The Balaban J connectivity index is 0.000000980. The highest BCUT2D eigenvalue weighted by atomic mass is 35.5. The molecule has 0 radical (unpaired) electrons. The van der Waals surface area contributed by atoms with Gasteiger partial charge in [-0.15, -0.1) is 12.4 Å². The van der Waals surface area contributed by atoms with Crippen molar-refractivity contribution in [3.05, 3.63) is 17.7 Å². The Morgan fingerprint density at radius 3 is 2.64 bits per heavy atom. The molecule has 0 aliphatic carbocycles. The summed E-state index contributed by atoms with van der Waals surface area (Å²) in [7, 11) is 0. The van der Waals surface area contributed by atoms with Crippen LogP contribution in [0.1, 0.15) is 11.6 Å². The van der Waals surface area contributed by atoms with E-state index in [0.717, 1.165) is 0 Å². The van der Waals surface area contributed by atoms with Gasteiger partial charge in [0.15, 0.2) is 11.5 Å². The van der Waals surface area contributed by atoms with E-state index >= 15 is 0 Å². The summed E-state index contributed by atoms with van der Waals surface area (Å²) in [6, 6.07) is 1.72. The molecule has 2 heterocycles. The fourth-order valence-electron chi connectivity index (χ4n) is 0.908. The number of aromatic nitrogens is 3. The van der Waals surface area contributed by atoms with Crippen LogP contribution in [0.15, 0.2) is 15.1 Å². The molecule has 14 heavy (non-hydrogen) atoms. The van der Waals surface area contributed by atoms with Crippen LogP contribution in [-0.4, -0.2) is 15.3 Å². The standard InChI is InChI=1S/C7H8N4O2.ClH/c1-4-2-5(10-12-4)7-9-6(3-8)11-13-7;/h2H,3,8H2,1H3;1H. The summed E-state index contributed by atoms with van der Waals surface area (Å²) >= 11 is 0. The molecule has 2 aromatic rings. The Bertz CT molecular complexity index is 411. The Morgan fingerprint density at radius 2 is 2.14 bits per heavy atom. The molecule has 7 heteroatoms. The highest BCUT2D eigenvalue weighted by Gasteiger charge is 2.11. The van der Waals surface area contributed by atoms with Gasteiger partial charge in [0.25, 0.3) is 5.89 Å². The number of hydrogen-bond acceptors (Lipinski definition) is 6. The fourth-order valence-corrected chi connectivity index (χ4v) is 0.908. The monoisotopic (exact) mass is 216 g/mol. The van der Waals surface area contributed by atoms with Crippen LogP contribution in [0.2, 0.25) is 0 Å². The van der Waals surface area contributed by atoms with Crippen LogP contribution in [0.4, 0.5) is 0 Å². The average Bonchev–Trinajstić information content (AvgIpc) is 2.71. The van der Waals surface area contributed by atoms with Crippen molar-refractivity contribution in [2.45, 2.75) is 13.5 Å². The highest BCUT2D eigenvalue weighted by molar-refractivity contribution is 5.85. The quantitative estimate of drug-likeness (QED) is 0.803. The zero-order valence-corrected chi connectivity index (χ0v) is 8.24. The molecule has 2 rings (SSSR count). The third-order valence-corrected chi connectivity index (χ3v) is 1.50. The van der Waals surface area contributed by atoms with Gasteiger partial charge in [-0.2, -0.15) is 4.98 Å². The van der Waals surface area contributed by atoms with Crippen LogP contribution < -0.4 is 5.73 Å². The van der Waals surface area contributed by atoms with Crippen LogP contribution in [0.5, 0.6) is 0 Å². The van der Waals surface area contributed by atoms with Gasteiger partial charge in [0.05, 0.1) is 6.54 Å². The molecular weight excluding hydrogens is 208 g/mol. The zero-order chi connectivity index (χ0) is 9.26. The summed E-state index contributed by atoms with van der Waals surface area (Å²) in [4.78, 5) is 3.99. The molecule has 0 bridgehead atoms. The van der Waals surface area contributed by atoms with E-state index in [1.54, 1.807) is 13.0 Å². The van der Waals surface area contributed by atoms with E-state index in [0.29, 0.717) is 23.2 Å². The molecule has 0 unspecified atom stereocenters. The molecule has 76 valence electrons. The first-order valence-corrected chi connectivity index (χ1v) is 3.76. The Kier molecular flexibility index (Phi) is 3.21. The van der Waals surface area contributed by atoms with Crippen molar-refractivity contribution in [3.8, 4) is 11.6 Å². The molecule has 2 aromatic heterocycles. The Hall–Kier alpha value is -1.40. The second-order valence-electron chi connectivity index (χ2n) is 2.54. The van der Waals surface area contributed by atoms with E-state index < -0.39 is 0 Å². The largest absolute Gasteiger partial charge is 0.361 e. The lowest BCUT2D eigenvalue weighted by atomic mass is 10.4. The second kappa shape index (κ2) is 4.21. The topological polar surface area (TPSA) is 91.0 Å². The number of aryl methyl sites for hydroxylation is 1. The lowest BCUT2D eigenvalue weighted by Gasteiger charge is -1.79. The number of rotatable bonds is 2. The molecule has 0 saturated heterocycles. The molecule has 0 aromatic carbocycles. The van der Waals surface area contributed by atoms with E-state index in [2.05, 4.69) is 15.3 Å². The zero-order valence-electron chi connectivity index (χ0n) is 7.43. The SMILES string of the molecule is Cc1cc(-c2nc(CN)no2)no1.Cl. The van der Waals surface area contributed by atoms with E-state index in [4.69, 9.17) is 14.8 Å². The summed E-state index contributed by atoms with van der Waals surface area (Å²) in [6.07, 6.45) is 0. The molecule has 0 saturated carbocycles. The van der Waals surface area contributed by atoms with Gasteiger partial charge >= 0.3 is 0 Å². The number of nitrogens with two attached hydrogens (primary N) is 1. The van der Waals surface area contributed by atoms with Crippen molar-refractivity contribution in [2.75, 3.05) is 0 Å². The van der Waals surface area contributed by atoms with Gasteiger partial charge in [-0.05, 0) is 6.92 Å². The first kappa shape index (κ1) is 10.7. The van der Waals surface area contributed by atoms with Gasteiger partial charge in [-0.25, -0.2) is 0 Å². The van der Waals surface area contributed by atoms with Crippen molar-refractivity contribution in [1.29, 1.82) is 0 Å². The van der Waals surface area contributed by atoms with Gasteiger partial charge in [-0.1, -0.05) is 10.3 Å². The summed E-state index contributed by atoms with van der Waals surface area (Å²) in [6.45, 7) is 2.04. The Labute approximate surface area is 85.9 Å². The van der Waals surface area contributed by atoms with E-state index in [-0.39, 0.29) is 19.0 Å². The molecular formula is C7H9ClN4O2. The van der Waals surface area contributed by atoms with Crippen molar-refractivity contribution >= 4 is 12.4 Å². The van der Waals surface area contributed by atoms with Crippen LogP contribution in [0.25, 0.3) is 11.6 Å². The van der Waals surface area contributed by atoms with Crippen molar-refractivity contribution in [2.24, 2.45) is 5.73 Å². The maximum Gasteiger partial charge on any atom is 0.280 e. The lowest BCUT2D eigenvalue weighted by Crippen LogP contribution is -1.97. The summed E-state index contributed by atoms with van der Waals surface area (Å²) < 4.78 is 9.74. The van der Waals surface area contributed by atoms with Crippen molar-refractivity contribution < 1.29 is 9.05 Å². The minimum Gasteiger partial charge on any atom is -0.361 e. The number of nitrogens with zero attached hydrogens (tertiary/aromatic N) is 3. The van der Waals surface area contributed by atoms with Crippen LogP contribution >= 0.6 is 12.4 Å². The van der Waals surface area contributed by atoms with E-state index in [1.165, 1.54) is 0 Å². The molecule has 2 N–H and O–H groups in total. The second-order valence-corrected chi connectivity index (χ2v) is 2.54. The lowest BCUT2D eigenvalue weighted by molar-refractivity contribution is 0.388. The molecule has 0 aliphatic heterocycles. The third-order valence-electron chi connectivity index (χ3n) is 1.50. The maximum absolute atomic E-state index is 5.32. The Morgan fingerprint density at radius 1 is 1.36 bits per heavy atom. The van der Waals surface area contributed by atoms with Gasteiger partial charge in [0, 0.05) is 6.07 Å². The van der Waals surface area contributed by atoms with Gasteiger partial charge in [0.2, 0.25) is 0 Å². The van der Waals surface area contributed by atoms with Crippen LogP contribution in [0.3, 0.4) is 0 Å². The van der Waals surface area contributed by atoms with Crippen LogP contribution in [-0.2, 0) is 6.54 Å². The minimum absolute atomic E-state index is 0. The summed E-state index contributed by atoms with van der Waals surface area (Å²) in [5.41, 5.74) is 5.85. The normalized spacial score (nSPS) is 9.86. The van der Waals surface area contributed by atoms with E-state index in [9.17, 15) is 0 Å². The highest BCUT2D eigenvalue weighted by Crippen LogP contribution is 2.15. The average molecular weight is 217 g/mol. The van der Waals surface area contributed by atoms with Crippen molar-refractivity contribution in [3.63, 3.8) is 0 Å². The molecule has 0 atom stereocenters. The summed E-state index contributed by atoms with van der Waals surface area (Å²) in [5.74, 6) is 1.48. The third kappa shape index (κ3) is 1.91. The number of halogens is 1. The smallest absolute Gasteiger partial charge is 0.280 e. The minimum atomic E-state index is 0.